The normalized spacial score (nSPS) is 10.5. The summed E-state index contributed by atoms with van der Waals surface area (Å²) in [5.74, 6) is -1.48. The minimum atomic E-state index is -1.03. The maximum absolute atomic E-state index is 12.4. The quantitative estimate of drug-likeness (QED) is 0.748. The summed E-state index contributed by atoms with van der Waals surface area (Å²) in [5, 5.41) is 20.0. The van der Waals surface area contributed by atoms with Gasteiger partial charge in [0.1, 0.15) is 0 Å². The van der Waals surface area contributed by atoms with Crippen LogP contribution in [0.25, 0.3) is 5.69 Å². The molecule has 25 heavy (non-hydrogen) atoms. The van der Waals surface area contributed by atoms with E-state index in [0.29, 0.717) is 22.1 Å². The van der Waals surface area contributed by atoms with Gasteiger partial charge in [-0.15, -0.1) is 5.10 Å². The monoisotopic (exact) mass is 356 g/mol. The van der Waals surface area contributed by atoms with Gasteiger partial charge in [-0.25, -0.2) is 9.48 Å². The molecule has 0 unspecified atom stereocenters. The summed E-state index contributed by atoms with van der Waals surface area (Å²) in [7, 11) is 0. The molecule has 126 valence electrons. The molecule has 0 aliphatic heterocycles. The van der Waals surface area contributed by atoms with E-state index in [9.17, 15) is 9.59 Å². The molecule has 0 fully saturated rings. The number of anilines is 1. The van der Waals surface area contributed by atoms with E-state index in [1.807, 2.05) is 6.07 Å². The van der Waals surface area contributed by atoms with Gasteiger partial charge < -0.3 is 10.4 Å². The Bertz CT molecular complexity index is 951. The van der Waals surface area contributed by atoms with Crippen LogP contribution in [0.5, 0.6) is 0 Å². The van der Waals surface area contributed by atoms with Crippen molar-refractivity contribution in [3.8, 4) is 5.69 Å². The maximum Gasteiger partial charge on any atom is 0.335 e. The fraction of sp³-hybridized carbons (Fsp3) is 0.0588. The Kier molecular flexibility index (Phi) is 4.49. The summed E-state index contributed by atoms with van der Waals surface area (Å²) in [5.41, 5.74) is 1.91. The standard InChI is InChI=1S/C17H13ClN4O3/c1-10-15(20-21-22(10)14-5-3-2-4-13(14)18)16(23)19-12-8-6-11(7-9-12)17(24)25/h2-9H,1H3,(H,19,23)(H,24,25). The zero-order chi connectivity index (χ0) is 18.0. The van der Waals surface area contributed by atoms with Gasteiger partial charge in [0.05, 0.1) is 22.0 Å². The van der Waals surface area contributed by atoms with E-state index in [-0.39, 0.29) is 11.3 Å². The predicted octanol–water partition coefficient (Wildman–Crippen LogP) is 3.18. The Balaban J connectivity index is 1.84. The molecule has 2 N–H and O–H groups in total. The molecule has 0 aliphatic carbocycles. The molecule has 3 rings (SSSR count). The summed E-state index contributed by atoms with van der Waals surface area (Å²) in [6.45, 7) is 1.71. The van der Waals surface area contributed by atoms with E-state index in [0.717, 1.165) is 0 Å². The molecule has 2 aromatic carbocycles. The van der Waals surface area contributed by atoms with Crippen LogP contribution >= 0.6 is 11.6 Å². The Hall–Kier alpha value is -3.19. The minimum absolute atomic E-state index is 0.138. The van der Waals surface area contributed by atoms with Crippen LogP contribution in [0.2, 0.25) is 5.02 Å². The number of nitrogens with zero attached hydrogens (tertiary/aromatic N) is 3. The third-order valence-electron chi connectivity index (χ3n) is 3.58. The maximum atomic E-state index is 12.4. The van der Waals surface area contributed by atoms with E-state index in [4.69, 9.17) is 16.7 Å². The highest BCUT2D eigenvalue weighted by Gasteiger charge is 2.18. The first-order valence-electron chi connectivity index (χ1n) is 7.29. The van der Waals surface area contributed by atoms with Crippen molar-refractivity contribution in [2.24, 2.45) is 0 Å². The highest BCUT2D eigenvalue weighted by molar-refractivity contribution is 6.32. The molecular formula is C17H13ClN4O3. The minimum Gasteiger partial charge on any atom is -0.478 e. The third kappa shape index (κ3) is 3.36. The van der Waals surface area contributed by atoms with Crippen LogP contribution in [0.3, 0.4) is 0 Å². The number of hydrogen-bond donors (Lipinski definition) is 2. The molecule has 0 spiro atoms. The van der Waals surface area contributed by atoms with Crippen LogP contribution in [0.1, 0.15) is 26.5 Å². The number of aromatic carboxylic acids is 1. The molecule has 0 radical (unpaired) electrons. The summed E-state index contributed by atoms with van der Waals surface area (Å²) in [4.78, 5) is 23.3. The van der Waals surface area contributed by atoms with Crippen LogP contribution in [0.4, 0.5) is 5.69 Å². The largest absolute Gasteiger partial charge is 0.478 e. The van der Waals surface area contributed by atoms with Gasteiger partial charge in [-0.2, -0.15) is 0 Å². The van der Waals surface area contributed by atoms with Gasteiger partial charge in [-0.3, -0.25) is 4.79 Å². The zero-order valence-electron chi connectivity index (χ0n) is 13.1. The van der Waals surface area contributed by atoms with Crippen molar-refractivity contribution < 1.29 is 14.7 Å². The Morgan fingerprint density at radius 1 is 1.12 bits per heavy atom. The number of benzene rings is 2. The number of carboxylic acid groups (broad SMARTS) is 1. The SMILES string of the molecule is Cc1c(C(=O)Nc2ccc(C(=O)O)cc2)nnn1-c1ccccc1Cl. The molecule has 0 atom stereocenters. The lowest BCUT2D eigenvalue weighted by molar-refractivity contribution is 0.0696. The number of halogens is 1. The topological polar surface area (TPSA) is 97.1 Å². The van der Waals surface area contributed by atoms with Crippen molar-refractivity contribution >= 4 is 29.2 Å². The van der Waals surface area contributed by atoms with Crippen molar-refractivity contribution in [1.82, 2.24) is 15.0 Å². The van der Waals surface area contributed by atoms with Gasteiger partial charge in [0, 0.05) is 5.69 Å². The molecule has 1 aromatic heterocycles. The molecule has 3 aromatic rings. The van der Waals surface area contributed by atoms with Crippen molar-refractivity contribution in [2.75, 3.05) is 5.32 Å². The van der Waals surface area contributed by atoms with Crippen molar-refractivity contribution in [2.45, 2.75) is 6.92 Å². The van der Waals surface area contributed by atoms with Crippen molar-refractivity contribution in [3.05, 3.63) is 70.5 Å². The number of aromatic nitrogens is 3. The average Bonchev–Trinajstić information content (AvgIpc) is 2.97. The molecule has 0 bridgehead atoms. The second-order valence-corrected chi connectivity index (χ2v) is 5.63. The Morgan fingerprint density at radius 2 is 1.80 bits per heavy atom. The Morgan fingerprint density at radius 3 is 2.44 bits per heavy atom. The average molecular weight is 357 g/mol. The molecule has 7 nitrogen and oxygen atoms in total. The van der Waals surface area contributed by atoms with E-state index in [1.165, 1.54) is 28.9 Å². The van der Waals surface area contributed by atoms with Crippen molar-refractivity contribution in [1.29, 1.82) is 0 Å². The first-order valence-corrected chi connectivity index (χ1v) is 7.67. The first-order chi connectivity index (χ1) is 12.0. The smallest absolute Gasteiger partial charge is 0.335 e. The number of para-hydroxylation sites is 1. The highest BCUT2D eigenvalue weighted by Crippen LogP contribution is 2.21. The van der Waals surface area contributed by atoms with Gasteiger partial charge in [0.2, 0.25) is 0 Å². The van der Waals surface area contributed by atoms with Crippen molar-refractivity contribution in [3.63, 3.8) is 0 Å². The Labute approximate surface area is 147 Å². The van der Waals surface area contributed by atoms with E-state index in [2.05, 4.69) is 15.6 Å². The molecule has 1 heterocycles. The number of amides is 1. The third-order valence-corrected chi connectivity index (χ3v) is 3.90. The van der Waals surface area contributed by atoms with E-state index < -0.39 is 11.9 Å². The molecule has 0 saturated heterocycles. The van der Waals surface area contributed by atoms with E-state index in [1.54, 1.807) is 25.1 Å². The fourth-order valence-corrected chi connectivity index (χ4v) is 2.49. The second kappa shape index (κ2) is 6.74. The fourth-order valence-electron chi connectivity index (χ4n) is 2.28. The lowest BCUT2D eigenvalue weighted by Crippen LogP contribution is -2.14. The second-order valence-electron chi connectivity index (χ2n) is 5.22. The number of carbonyl (C=O) groups excluding carboxylic acids is 1. The highest BCUT2D eigenvalue weighted by atomic mass is 35.5. The van der Waals surface area contributed by atoms with Gasteiger partial charge >= 0.3 is 5.97 Å². The molecule has 0 saturated carbocycles. The van der Waals surface area contributed by atoms with Gasteiger partial charge in [0.25, 0.3) is 5.91 Å². The number of nitrogens with one attached hydrogen (secondary N) is 1. The van der Waals surface area contributed by atoms with E-state index >= 15 is 0 Å². The molecule has 0 aliphatic rings. The van der Waals surface area contributed by atoms with Crippen LogP contribution in [0, 0.1) is 6.92 Å². The number of hydrogen-bond acceptors (Lipinski definition) is 4. The summed E-state index contributed by atoms with van der Waals surface area (Å²) in [6, 6.07) is 12.9. The molecular weight excluding hydrogens is 344 g/mol. The van der Waals surface area contributed by atoms with Crippen LogP contribution in [-0.2, 0) is 0 Å². The van der Waals surface area contributed by atoms with Crippen LogP contribution in [-0.4, -0.2) is 32.0 Å². The van der Waals surface area contributed by atoms with Gasteiger partial charge in [0.15, 0.2) is 5.69 Å². The molecule has 8 heteroatoms. The zero-order valence-corrected chi connectivity index (χ0v) is 13.9. The number of rotatable bonds is 4. The first kappa shape index (κ1) is 16.7. The number of carbonyl (C=O) groups is 2. The summed E-state index contributed by atoms with van der Waals surface area (Å²) >= 11 is 6.15. The van der Waals surface area contributed by atoms with Gasteiger partial charge in [-0.05, 0) is 43.3 Å². The number of carboxylic acids is 1. The van der Waals surface area contributed by atoms with Gasteiger partial charge in [-0.1, -0.05) is 28.9 Å². The lowest BCUT2D eigenvalue weighted by atomic mass is 10.2. The summed E-state index contributed by atoms with van der Waals surface area (Å²) in [6.07, 6.45) is 0. The lowest BCUT2D eigenvalue weighted by Gasteiger charge is -2.06. The molecule has 1 amide bonds. The predicted molar refractivity (Wildman–Crippen MR) is 92.5 cm³/mol. The van der Waals surface area contributed by atoms with Crippen LogP contribution in [0.15, 0.2) is 48.5 Å². The van der Waals surface area contributed by atoms with Crippen LogP contribution < -0.4 is 5.32 Å². The summed E-state index contributed by atoms with van der Waals surface area (Å²) < 4.78 is 1.49.